The maximum Gasteiger partial charge on any atom is 0.251 e. The molecule has 106 valence electrons. The maximum absolute atomic E-state index is 11.6. The lowest BCUT2D eigenvalue weighted by Gasteiger charge is -2.49. The second-order valence-corrected chi connectivity index (χ2v) is 5.67. The summed E-state index contributed by atoms with van der Waals surface area (Å²) in [6.07, 6.45) is -0.626. The molecule has 2 aliphatic rings. The fourth-order valence-corrected chi connectivity index (χ4v) is 3.34. The Balaban J connectivity index is 1.65. The molecule has 4 nitrogen and oxygen atoms in total. The number of nitrogens with two attached hydrogens (primary N) is 1. The SMILES string of the molecule is NC(=O)C1OC2(CN(c3ccccc3)C2)c2ccccc21. The Morgan fingerprint density at radius 2 is 1.76 bits per heavy atom. The van der Waals surface area contributed by atoms with Crippen LogP contribution in [0.1, 0.15) is 17.2 Å². The lowest BCUT2D eigenvalue weighted by Crippen LogP contribution is -2.59. The Labute approximate surface area is 123 Å². The molecule has 0 bridgehead atoms. The van der Waals surface area contributed by atoms with Gasteiger partial charge in [-0.1, -0.05) is 42.5 Å². The molecule has 2 N–H and O–H groups in total. The zero-order chi connectivity index (χ0) is 14.4. The third-order valence-corrected chi connectivity index (χ3v) is 4.35. The van der Waals surface area contributed by atoms with E-state index in [9.17, 15) is 4.79 Å². The third kappa shape index (κ3) is 1.76. The number of amides is 1. The van der Waals surface area contributed by atoms with Gasteiger partial charge < -0.3 is 15.4 Å². The number of fused-ring (bicyclic) bond motifs is 2. The number of hydrogen-bond acceptors (Lipinski definition) is 3. The third-order valence-electron chi connectivity index (χ3n) is 4.35. The van der Waals surface area contributed by atoms with Gasteiger partial charge in [-0.15, -0.1) is 0 Å². The van der Waals surface area contributed by atoms with Crippen molar-refractivity contribution in [1.82, 2.24) is 0 Å². The minimum absolute atomic E-state index is 0.397. The number of para-hydroxylation sites is 1. The van der Waals surface area contributed by atoms with Gasteiger partial charge >= 0.3 is 0 Å². The number of benzene rings is 2. The highest BCUT2D eigenvalue weighted by Gasteiger charge is 2.54. The van der Waals surface area contributed by atoms with Crippen molar-refractivity contribution in [2.45, 2.75) is 11.7 Å². The normalized spacial score (nSPS) is 21.9. The van der Waals surface area contributed by atoms with Crippen molar-refractivity contribution in [1.29, 1.82) is 0 Å². The van der Waals surface area contributed by atoms with Gasteiger partial charge in [0, 0.05) is 5.69 Å². The average molecular weight is 280 g/mol. The van der Waals surface area contributed by atoms with E-state index < -0.39 is 17.6 Å². The predicted octanol–water partition coefficient (Wildman–Crippen LogP) is 1.96. The first-order valence-corrected chi connectivity index (χ1v) is 7.06. The maximum atomic E-state index is 11.6. The molecule has 1 spiro atoms. The summed E-state index contributed by atoms with van der Waals surface area (Å²) in [6.45, 7) is 1.50. The Morgan fingerprint density at radius 3 is 2.48 bits per heavy atom. The molecule has 2 heterocycles. The van der Waals surface area contributed by atoms with Gasteiger partial charge in [0.1, 0.15) is 5.60 Å². The van der Waals surface area contributed by atoms with Crippen LogP contribution >= 0.6 is 0 Å². The first-order chi connectivity index (χ1) is 10.2. The largest absolute Gasteiger partial charge is 0.367 e. The van der Waals surface area contributed by atoms with Crippen LogP contribution in [0.2, 0.25) is 0 Å². The highest BCUT2D eigenvalue weighted by Crippen LogP contribution is 2.49. The van der Waals surface area contributed by atoms with Crippen molar-refractivity contribution < 1.29 is 9.53 Å². The molecule has 1 fully saturated rings. The highest BCUT2D eigenvalue weighted by atomic mass is 16.5. The van der Waals surface area contributed by atoms with E-state index in [1.165, 1.54) is 5.69 Å². The van der Waals surface area contributed by atoms with E-state index in [1.54, 1.807) is 0 Å². The van der Waals surface area contributed by atoms with Gasteiger partial charge in [0.05, 0.1) is 13.1 Å². The Hall–Kier alpha value is -2.33. The van der Waals surface area contributed by atoms with E-state index in [1.807, 2.05) is 42.5 Å². The number of carbonyl (C=O) groups excluding carboxylic acids is 1. The number of ether oxygens (including phenoxy) is 1. The summed E-state index contributed by atoms with van der Waals surface area (Å²) in [5.41, 5.74) is 8.27. The molecule has 0 radical (unpaired) electrons. The van der Waals surface area contributed by atoms with Gasteiger partial charge in [0.25, 0.3) is 5.91 Å². The van der Waals surface area contributed by atoms with Crippen LogP contribution in [0, 0.1) is 0 Å². The first-order valence-electron chi connectivity index (χ1n) is 7.06. The fourth-order valence-electron chi connectivity index (χ4n) is 3.34. The second-order valence-electron chi connectivity index (χ2n) is 5.67. The van der Waals surface area contributed by atoms with Gasteiger partial charge in [-0.05, 0) is 23.3 Å². The van der Waals surface area contributed by atoms with Crippen molar-refractivity contribution in [3.05, 3.63) is 65.7 Å². The van der Waals surface area contributed by atoms with Crippen LogP contribution in [0.5, 0.6) is 0 Å². The zero-order valence-electron chi connectivity index (χ0n) is 11.5. The lowest BCUT2D eigenvalue weighted by atomic mass is 9.84. The van der Waals surface area contributed by atoms with Crippen LogP contribution in [-0.2, 0) is 15.1 Å². The monoisotopic (exact) mass is 280 g/mol. The number of carbonyl (C=O) groups is 1. The van der Waals surface area contributed by atoms with Gasteiger partial charge in [-0.25, -0.2) is 0 Å². The first kappa shape index (κ1) is 12.4. The van der Waals surface area contributed by atoms with E-state index in [0.717, 1.165) is 24.2 Å². The molecule has 1 atom stereocenters. The Kier molecular flexibility index (Phi) is 2.56. The van der Waals surface area contributed by atoms with Crippen molar-refractivity contribution in [2.75, 3.05) is 18.0 Å². The molecule has 0 aliphatic carbocycles. The number of rotatable bonds is 2. The summed E-state index contributed by atoms with van der Waals surface area (Å²) in [5, 5.41) is 0. The van der Waals surface area contributed by atoms with Crippen LogP contribution in [0.15, 0.2) is 54.6 Å². The Bertz CT molecular complexity index is 693. The molecule has 1 saturated heterocycles. The number of hydrogen-bond donors (Lipinski definition) is 1. The predicted molar refractivity (Wildman–Crippen MR) is 79.8 cm³/mol. The number of nitrogens with zero attached hydrogens (tertiary/aromatic N) is 1. The molecule has 2 aromatic carbocycles. The molecule has 1 unspecified atom stereocenters. The van der Waals surface area contributed by atoms with Crippen LogP contribution < -0.4 is 10.6 Å². The van der Waals surface area contributed by atoms with E-state index >= 15 is 0 Å². The quantitative estimate of drug-likeness (QED) is 0.915. The fraction of sp³-hybridized carbons (Fsp3) is 0.235. The second kappa shape index (κ2) is 4.33. The minimum atomic E-state index is -0.626. The van der Waals surface area contributed by atoms with Crippen LogP contribution in [0.3, 0.4) is 0 Å². The van der Waals surface area contributed by atoms with Crippen LogP contribution in [0.4, 0.5) is 5.69 Å². The molecular weight excluding hydrogens is 264 g/mol. The van der Waals surface area contributed by atoms with Crippen molar-refractivity contribution in [3.63, 3.8) is 0 Å². The highest BCUT2D eigenvalue weighted by molar-refractivity contribution is 5.82. The van der Waals surface area contributed by atoms with E-state index in [0.29, 0.717) is 0 Å². The van der Waals surface area contributed by atoms with Crippen molar-refractivity contribution in [2.24, 2.45) is 5.73 Å². The molecule has 0 saturated carbocycles. The molecule has 2 aliphatic heterocycles. The van der Waals surface area contributed by atoms with Gasteiger partial charge in [-0.3, -0.25) is 4.79 Å². The van der Waals surface area contributed by atoms with Crippen LogP contribution in [-0.4, -0.2) is 19.0 Å². The smallest absolute Gasteiger partial charge is 0.251 e. The Morgan fingerprint density at radius 1 is 1.10 bits per heavy atom. The molecule has 4 heteroatoms. The average Bonchev–Trinajstić information content (AvgIpc) is 2.82. The summed E-state index contributed by atoms with van der Waals surface area (Å²) in [4.78, 5) is 13.9. The molecular formula is C17H16N2O2. The topological polar surface area (TPSA) is 55.6 Å². The molecule has 1 amide bonds. The molecule has 4 rings (SSSR count). The van der Waals surface area contributed by atoms with Gasteiger partial charge in [0.2, 0.25) is 0 Å². The summed E-state index contributed by atoms with van der Waals surface area (Å²) < 4.78 is 6.05. The lowest BCUT2D eigenvalue weighted by molar-refractivity contribution is -0.144. The van der Waals surface area contributed by atoms with Crippen LogP contribution in [0.25, 0.3) is 0 Å². The van der Waals surface area contributed by atoms with E-state index in [4.69, 9.17) is 10.5 Å². The molecule has 21 heavy (non-hydrogen) atoms. The molecule has 2 aromatic rings. The van der Waals surface area contributed by atoms with Gasteiger partial charge in [0.15, 0.2) is 6.10 Å². The summed E-state index contributed by atoms with van der Waals surface area (Å²) in [6, 6.07) is 18.1. The number of anilines is 1. The van der Waals surface area contributed by atoms with Crippen molar-refractivity contribution in [3.8, 4) is 0 Å². The van der Waals surface area contributed by atoms with E-state index in [-0.39, 0.29) is 0 Å². The summed E-state index contributed by atoms with van der Waals surface area (Å²) in [7, 11) is 0. The van der Waals surface area contributed by atoms with E-state index in [2.05, 4.69) is 17.0 Å². The number of primary amides is 1. The zero-order valence-corrected chi connectivity index (χ0v) is 11.5. The minimum Gasteiger partial charge on any atom is -0.367 e. The van der Waals surface area contributed by atoms with Gasteiger partial charge in [-0.2, -0.15) is 0 Å². The summed E-state index contributed by atoms with van der Waals surface area (Å²) >= 11 is 0. The summed E-state index contributed by atoms with van der Waals surface area (Å²) in [5.74, 6) is -0.419. The standard InChI is InChI=1S/C17H16N2O2/c18-16(20)15-13-8-4-5-9-14(13)17(21-15)10-19(11-17)12-6-2-1-3-7-12/h1-9,15H,10-11H2,(H2,18,20). The molecule has 0 aromatic heterocycles. The van der Waals surface area contributed by atoms with Crippen molar-refractivity contribution >= 4 is 11.6 Å².